The van der Waals surface area contributed by atoms with Crippen molar-refractivity contribution in [2.45, 2.75) is 98.2 Å². The maximum Gasteiger partial charge on any atom is 0.293 e. The van der Waals surface area contributed by atoms with Gasteiger partial charge in [-0.05, 0) is 80.6 Å². The van der Waals surface area contributed by atoms with Crippen LogP contribution in [0.25, 0.3) is 0 Å². The first-order valence-electron chi connectivity index (χ1n) is 12.1. The summed E-state index contributed by atoms with van der Waals surface area (Å²) in [5.41, 5.74) is 5.11. The van der Waals surface area contributed by atoms with E-state index in [4.69, 9.17) is 4.74 Å². The molecule has 0 aromatic carbocycles. The van der Waals surface area contributed by atoms with Gasteiger partial charge < -0.3 is 9.84 Å². The minimum Gasteiger partial charge on any atom is -0.464 e. The topological polar surface area (TPSA) is 46.5 Å². The Labute approximate surface area is 190 Å². The number of hydrogen-bond acceptors (Lipinski definition) is 3. The van der Waals surface area contributed by atoms with E-state index in [0.29, 0.717) is 24.2 Å². The molecule has 0 amide bonds. The van der Waals surface area contributed by atoms with E-state index in [9.17, 15) is 9.90 Å². The molecule has 0 heterocycles. The number of aliphatic hydroxyl groups excluding tert-OH is 1. The Morgan fingerprint density at radius 1 is 1.29 bits per heavy atom. The molecule has 0 aromatic heterocycles. The Bertz CT molecular complexity index is 716. The monoisotopic (exact) mass is 428 g/mol. The van der Waals surface area contributed by atoms with Crippen molar-refractivity contribution >= 4 is 6.47 Å². The molecule has 0 aliphatic heterocycles. The summed E-state index contributed by atoms with van der Waals surface area (Å²) in [6.07, 6.45) is 12.0. The predicted molar refractivity (Wildman–Crippen MR) is 130 cm³/mol. The normalized spacial score (nSPS) is 32.5. The highest BCUT2D eigenvalue weighted by Crippen LogP contribution is 2.51. The Balaban J connectivity index is 2.11. The molecule has 2 unspecified atom stereocenters. The first-order chi connectivity index (χ1) is 14.6. The number of hydrogen-bond donors (Lipinski definition) is 1. The molecule has 2 aliphatic carbocycles. The van der Waals surface area contributed by atoms with Gasteiger partial charge in [-0.3, -0.25) is 4.79 Å². The van der Waals surface area contributed by atoms with Crippen molar-refractivity contribution in [3.63, 3.8) is 0 Å². The van der Waals surface area contributed by atoms with Gasteiger partial charge in [-0.2, -0.15) is 0 Å². The first-order valence-corrected chi connectivity index (χ1v) is 12.1. The molecule has 1 N–H and O–H groups in total. The quantitative estimate of drug-likeness (QED) is 0.320. The number of allylic oxidation sites excluding steroid dienone is 3. The molecule has 0 bridgehead atoms. The Hall–Kier alpha value is -1.61. The third kappa shape index (κ3) is 6.68. The van der Waals surface area contributed by atoms with Crippen molar-refractivity contribution in [1.29, 1.82) is 0 Å². The zero-order valence-electron chi connectivity index (χ0n) is 20.5. The lowest BCUT2D eigenvalue weighted by molar-refractivity contribution is -0.134. The molecule has 0 aromatic rings. The summed E-state index contributed by atoms with van der Waals surface area (Å²) in [5, 5.41) is 10.1. The number of ether oxygens (including phenoxy) is 1. The maximum atomic E-state index is 11.0. The van der Waals surface area contributed by atoms with Gasteiger partial charge >= 0.3 is 0 Å². The number of carbonyl (C=O) groups is 1. The zero-order valence-corrected chi connectivity index (χ0v) is 20.5. The summed E-state index contributed by atoms with van der Waals surface area (Å²) in [7, 11) is 0. The summed E-state index contributed by atoms with van der Waals surface area (Å²) in [4.78, 5) is 11.0. The lowest BCUT2D eigenvalue weighted by Crippen LogP contribution is -2.40. The van der Waals surface area contributed by atoms with Crippen molar-refractivity contribution in [3.8, 4) is 0 Å². The largest absolute Gasteiger partial charge is 0.464 e. The first kappa shape index (κ1) is 25.6. The van der Waals surface area contributed by atoms with E-state index >= 15 is 0 Å². The highest BCUT2D eigenvalue weighted by Gasteiger charge is 2.42. The molecule has 0 saturated heterocycles. The van der Waals surface area contributed by atoms with E-state index in [1.807, 2.05) is 6.92 Å². The van der Waals surface area contributed by atoms with Gasteiger partial charge in [-0.1, -0.05) is 63.1 Å². The molecule has 2 aliphatic rings. The zero-order chi connectivity index (χ0) is 23.2. The summed E-state index contributed by atoms with van der Waals surface area (Å²) >= 11 is 0. The Morgan fingerprint density at radius 2 is 2.00 bits per heavy atom. The second kappa shape index (κ2) is 11.3. The molecular weight excluding hydrogens is 384 g/mol. The summed E-state index contributed by atoms with van der Waals surface area (Å²) in [6.45, 7) is 20.1. The van der Waals surface area contributed by atoms with Gasteiger partial charge in [-0.15, -0.1) is 6.58 Å². The van der Waals surface area contributed by atoms with Crippen LogP contribution in [0.2, 0.25) is 0 Å². The molecule has 31 heavy (non-hydrogen) atoms. The van der Waals surface area contributed by atoms with Crippen molar-refractivity contribution in [1.82, 2.24) is 0 Å². The predicted octanol–water partition coefficient (Wildman–Crippen LogP) is 6.94. The van der Waals surface area contributed by atoms with E-state index in [-0.39, 0.29) is 17.6 Å². The molecule has 3 nitrogen and oxygen atoms in total. The van der Waals surface area contributed by atoms with Crippen molar-refractivity contribution in [2.75, 3.05) is 0 Å². The Kier molecular flexibility index (Phi) is 9.36. The van der Waals surface area contributed by atoms with Crippen molar-refractivity contribution in [2.24, 2.45) is 23.2 Å². The van der Waals surface area contributed by atoms with Gasteiger partial charge in [0.2, 0.25) is 0 Å². The number of carbonyl (C=O) groups excluding carboxylic acids is 1. The molecule has 3 heteroatoms. The van der Waals surface area contributed by atoms with E-state index in [0.717, 1.165) is 49.7 Å². The van der Waals surface area contributed by atoms with Gasteiger partial charge in [-0.25, -0.2) is 0 Å². The van der Waals surface area contributed by atoms with Crippen LogP contribution in [0.1, 0.15) is 86.0 Å². The number of rotatable bonds is 9. The summed E-state index contributed by atoms with van der Waals surface area (Å²) in [5.74, 6) is 1.47. The third-order valence-corrected chi connectivity index (χ3v) is 8.31. The average Bonchev–Trinajstić information content (AvgIpc) is 2.70. The SMILES string of the molecule is C=C(C)C[C@H](C[C@@H](C)C(C)[C@@]1(C)CCC/C(=C\C=C2\CCC(=C)[C@H](O)C2)C1C)OC=O. The van der Waals surface area contributed by atoms with E-state index in [2.05, 4.69) is 53.0 Å². The van der Waals surface area contributed by atoms with Gasteiger partial charge in [0.1, 0.15) is 6.10 Å². The fourth-order valence-electron chi connectivity index (χ4n) is 5.66. The summed E-state index contributed by atoms with van der Waals surface area (Å²) in [6, 6.07) is 0. The molecule has 2 rings (SSSR count). The molecule has 174 valence electrons. The van der Waals surface area contributed by atoms with Crippen LogP contribution in [0.15, 0.2) is 47.6 Å². The van der Waals surface area contributed by atoms with Crippen LogP contribution in [0.5, 0.6) is 0 Å². The average molecular weight is 429 g/mol. The fraction of sp³-hybridized carbons (Fsp3) is 0.679. The lowest BCUT2D eigenvalue weighted by atomic mass is 9.57. The van der Waals surface area contributed by atoms with E-state index in [1.54, 1.807) is 0 Å². The third-order valence-electron chi connectivity index (χ3n) is 8.31. The van der Waals surface area contributed by atoms with Crippen LogP contribution in [0, 0.1) is 23.2 Å². The Morgan fingerprint density at radius 3 is 2.61 bits per heavy atom. The van der Waals surface area contributed by atoms with Crippen LogP contribution in [-0.2, 0) is 9.53 Å². The number of aliphatic hydroxyl groups is 1. The molecular formula is C28H44O3. The minimum absolute atomic E-state index is 0.0813. The van der Waals surface area contributed by atoms with Gasteiger partial charge in [0.15, 0.2) is 0 Å². The van der Waals surface area contributed by atoms with Crippen LogP contribution < -0.4 is 0 Å². The van der Waals surface area contributed by atoms with Crippen molar-refractivity contribution in [3.05, 3.63) is 47.6 Å². The second-order valence-corrected chi connectivity index (χ2v) is 10.5. The highest BCUT2D eigenvalue weighted by molar-refractivity contribution is 5.37. The standard InChI is InChI=1S/C28H44O3/c1-19(2)15-26(31-18-29)16-21(4)22(5)28(7)14-8-9-25(23(28)6)13-12-24-11-10-20(3)27(30)17-24/h12-13,18,21-23,26-27,30H,1,3,8-11,14-17H2,2,4-7H3/b24-12-,25-13+/t21-,22?,23?,26-,27-,28-/m1/s1. The molecule has 0 radical (unpaired) electrons. The van der Waals surface area contributed by atoms with Crippen LogP contribution >= 0.6 is 0 Å². The molecule has 2 saturated carbocycles. The molecule has 6 atom stereocenters. The van der Waals surface area contributed by atoms with Crippen molar-refractivity contribution < 1.29 is 14.6 Å². The van der Waals surface area contributed by atoms with Gasteiger partial charge in [0.05, 0.1) is 6.10 Å². The van der Waals surface area contributed by atoms with E-state index in [1.165, 1.54) is 24.0 Å². The highest BCUT2D eigenvalue weighted by atomic mass is 16.5. The van der Waals surface area contributed by atoms with Gasteiger partial charge in [0.25, 0.3) is 6.47 Å². The van der Waals surface area contributed by atoms with E-state index < -0.39 is 0 Å². The van der Waals surface area contributed by atoms with Crippen LogP contribution in [0.4, 0.5) is 0 Å². The lowest BCUT2D eigenvalue weighted by Gasteiger charge is -2.48. The minimum atomic E-state index is -0.381. The fourth-order valence-corrected chi connectivity index (χ4v) is 5.66. The molecule has 2 fully saturated rings. The van der Waals surface area contributed by atoms with Crippen LogP contribution in [-0.4, -0.2) is 23.8 Å². The summed E-state index contributed by atoms with van der Waals surface area (Å²) < 4.78 is 5.38. The maximum absolute atomic E-state index is 11.0. The second-order valence-electron chi connectivity index (χ2n) is 10.5. The van der Waals surface area contributed by atoms with Gasteiger partial charge in [0, 0.05) is 6.42 Å². The van der Waals surface area contributed by atoms with Crippen LogP contribution in [0.3, 0.4) is 0 Å². The molecule has 0 spiro atoms. The smallest absolute Gasteiger partial charge is 0.293 e.